The Labute approximate surface area is 173 Å². The number of aliphatic imine (C=N–C) groups is 1. The number of rotatable bonds is 7. The highest BCUT2D eigenvalue weighted by atomic mass is 79.9. The van der Waals surface area contributed by atoms with Gasteiger partial charge in [0.2, 0.25) is 5.96 Å². The van der Waals surface area contributed by atoms with E-state index < -0.39 is 18.2 Å². The lowest BCUT2D eigenvalue weighted by molar-refractivity contribution is -0.127. The SMILES string of the molecule is CCCCCCN1C(N/N=C/c2ccc(Br)cc2)=NC2C1C(=O)NC(=O)N2C. The van der Waals surface area contributed by atoms with E-state index >= 15 is 0 Å². The topological polar surface area (TPSA) is 89.4 Å². The van der Waals surface area contributed by atoms with Gasteiger partial charge in [-0.1, -0.05) is 54.2 Å². The Hall–Kier alpha value is -2.42. The summed E-state index contributed by atoms with van der Waals surface area (Å²) in [6.45, 7) is 2.84. The number of fused-ring (bicyclic) bond motifs is 1. The van der Waals surface area contributed by atoms with Crippen LogP contribution in [0.2, 0.25) is 0 Å². The molecule has 2 aliphatic heterocycles. The molecule has 1 fully saturated rings. The Morgan fingerprint density at radius 1 is 1.25 bits per heavy atom. The number of nitrogens with zero attached hydrogens (tertiary/aromatic N) is 4. The zero-order valence-electron chi connectivity index (χ0n) is 16.1. The van der Waals surface area contributed by atoms with Crippen molar-refractivity contribution in [1.29, 1.82) is 0 Å². The summed E-state index contributed by atoms with van der Waals surface area (Å²) >= 11 is 3.41. The number of carbonyl (C=O) groups excluding carboxylic acids is 2. The molecule has 0 aromatic heterocycles. The molecule has 1 saturated heterocycles. The minimum atomic E-state index is -0.544. The third-order valence-corrected chi connectivity index (χ3v) is 5.39. The molecule has 2 aliphatic rings. The number of hydrazone groups is 1. The highest BCUT2D eigenvalue weighted by molar-refractivity contribution is 9.10. The molecule has 0 bridgehead atoms. The molecule has 0 spiro atoms. The predicted molar refractivity (Wildman–Crippen MR) is 112 cm³/mol. The molecule has 150 valence electrons. The van der Waals surface area contributed by atoms with E-state index in [0.717, 1.165) is 35.7 Å². The number of hydrogen-bond acceptors (Lipinski definition) is 6. The minimum absolute atomic E-state index is 0.318. The zero-order valence-corrected chi connectivity index (χ0v) is 17.6. The second-order valence-electron chi connectivity index (χ2n) is 6.89. The summed E-state index contributed by atoms with van der Waals surface area (Å²) in [5.41, 5.74) is 3.90. The van der Waals surface area contributed by atoms with E-state index in [-0.39, 0.29) is 5.91 Å². The van der Waals surface area contributed by atoms with Crippen LogP contribution in [0.15, 0.2) is 38.8 Å². The lowest BCUT2D eigenvalue weighted by atomic mass is 10.1. The standard InChI is InChI=1S/C19H25BrN6O2/c1-3-4-5-6-11-26-15-16(25(2)19(28)23-17(15)27)22-18(26)24-21-12-13-7-9-14(20)10-8-13/h7-10,12,15-16H,3-6,11H2,1-2H3,(H,22,24)(H,23,27,28)/b21-12+. The molecular weight excluding hydrogens is 424 g/mol. The van der Waals surface area contributed by atoms with Crippen LogP contribution in [0.3, 0.4) is 0 Å². The Kier molecular flexibility index (Phi) is 6.66. The van der Waals surface area contributed by atoms with Crippen LogP contribution in [0, 0.1) is 0 Å². The smallest absolute Gasteiger partial charge is 0.325 e. The fourth-order valence-corrected chi connectivity index (χ4v) is 3.55. The summed E-state index contributed by atoms with van der Waals surface area (Å²) in [7, 11) is 1.65. The van der Waals surface area contributed by atoms with Gasteiger partial charge in [-0.2, -0.15) is 5.10 Å². The van der Waals surface area contributed by atoms with Crippen LogP contribution in [0.1, 0.15) is 38.2 Å². The summed E-state index contributed by atoms with van der Waals surface area (Å²) in [6.07, 6.45) is 5.46. The molecule has 28 heavy (non-hydrogen) atoms. The van der Waals surface area contributed by atoms with E-state index in [4.69, 9.17) is 0 Å². The maximum atomic E-state index is 12.5. The number of unbranched alkanes of at least 4 members (excludes halogenated alkanes) is 3. The maximum absolute atomic E-state index is 12.5. The number of nitrogens with one attached hydrogen (secondary N) is 2. The van der Waals surface area contributed by atoms with E-state index in [0.29, 0.717) is 12.5 Å². The fraction of sp³-hybridized carbons (Fsp3) is 0.474. The number of urea groups is 1. The van der Waals surface area contributed by atoms with Gasteiger partial charge in [-0.05, 0) is 24.1 Å². The van der Waals surface area contributed by atoms with Gasteiger partial charge in [-0.25, -0.2) is 15.2 Å². The average molecular weight is 449 g/mol. The van der Waals surface area contributed by atoms with E-state index in [1.54, 1.807) is 13.3 Å². The largest absolute Gasteiger partial charge is 0.326 e. The van der Waals surface area contributed by atoms with Crippen molar-refractivity contribution in [2.75, 3.05) is 13.6 Å². The van der Waals surface area contributed by atoms with Crippen molar-refractivity contribution in [2.45, 2.75) is 44.8 Å². The van der Waals surface area contributed by atoms with E-state index in [2.05, 4.69) is 43.7 Å². The van der Waals surface area contributed by atoms with Crippen LogP contribution in [-0.2, 0) is 4.79 Å². The molecule has 1 aromatic carbocycles. The second kappa shape index (κ2) is 9.18. The van der Waals surface area contributed by atoms with E-state index in [9.17, 15) is 9.59 Å². The van der Waals surface area contributed by atoms with Gasteiger partial charge >= 0.3 is 6.03 Å². The van der Waals surface area contributed by atoms with Crippen LogP contribution < -0.4 is 10.7 Å². The molecule has 2 N–H and O–H groups in total. The number of carbonyl (C=O) groups is 2. The van der Waals surface area contributed by atoms with Crippen LogP contribution in [0.4, 0.5) is 4.79 Å². The number of likely N-dealkylation sites (N-methyl/N-ethyl adjacent to an activating group) is 1. The van der Waals surface area contributed by atoms with Gasteiger partial charge < -0.3 is 9.80 Å². The van der Waals surface area contributed by atoms with Gasteiger partial charge in [0.15, 0.2) is 12.2 Å². The predicted octanol–water partition coefficient (Wildman–Crippen LogP) is 2.50. The first-order chi connectivity index (χ1) is 13.5. The summed E-state index contributed by atoms with van der Waals surface area (Å²) < 4.78 is 0.999. The second-order valence-corrected chi connectivity index (χ2v) is 7.81. The van der Waals surface area contributed by atoms with Crippen molar-refractivity contribution in [3.8, 4) is 0 Å². The third kappa shape index (κ3) is 4.52. The maximum Gasteiger partial charge on any atom is 0.325 e. The number of halogens is 1. The summed E-state index contributed by atoms with van der Waals surface area (Å²) in [4.78, 5) is 32.3. The lowest BCUT2D eigenvalue weighted by Gasteiger charge is -2.36. The Bertz CT molecular complexity index is 779. The molecular formula is C19H25BrN6O2. The van der Waals surface area contributed by atoms with Crippen molar-refractivity contribution in [3.05, 3.63) is 34.3 Å². The Balaban J connectivity index is 1.73. The van der Waals surface area contributed by atoms with E-state index in [1.807, 2.05) is 29.2 Å². The summed E-state index contributed by atoms with van der Waals surface area (Å²) in [5, 5.41) is 6.68. The number of benzene rings is 1. The van der Waals surface area contributed by atoms with Gasteiger partial charge in [-0.15, -0.1) is 0 Å². The molecule has 2 atom stereocenters. The van der Waals surface area contributed by atoms with Gasteiger partial charge in [0, 0.05) is 18.1 Å². The first kappa shape index (κ1) is 20.3. The third-order valence-electron chi connectivity index (χ3n) is 4.86. The van der Waals surface area contributed by atoms with Gasteiger partial charge in [-0.3, -0.25) is 10.1 Å². The minimum Gasteiger partial charge on any atom is -0.326 e. The van der Waals surface area contributed by atoms with Crippen molar-refractivity contribution < 1.29 is 9.59 Å². The van der Waals surface area contributed by atoms with Crippen molar-refractivity contribution in [3.63, 3.8) is 0 Å². The molecule has 3 amide bonds. The molecule has 8 nitrogen and oxygen atoms in total. The lowest BCUT2D eigenvalue weighted by Crippen LogP contribution is -2.64. The zero-order chi connectivity index (χ0) is 20.1. The first-order valence-electron chi connectivity index (χ1n) is 9.48. The van der Waals surface area contributed by atoms with Crippen molar-refractivity contribution >= 4 is 40.0 Å². The fourth-order valence-electron chi connectivity index (χ4n) is 3.29. The normalized spacial score (nSPS) is 21.8. The molecule has 0 radical (unpaired) electrons. The van der Waals surface area contributed by atoms with Gasteiger partial charge in [0.1, 0.15) is 0 Å². The van der Waals surface area contributed by atoms with Crippen LogP contribution in [0.5, 0.6) is 0 Å². The Morgan fingerprint density at radius 3 is 2.71 bits per heavy atom. The molecule has 0 saturated carbocycles. The van der Waals surface area contributed by atoms with Crippen molar-refractivity contribution in [1.82, 2.24) is 20.5 Å². The summed E-state index contributed by atoms with van der Waals surface area (Å²) in [5.74, 6) is 0.192. The number of hydrogen-bond donors (Lipinski definition) is 2. The van der Waals surface area contributed by atoms with E-state index in [1.165, 1.54) is 4.90 Å². The van der Waals surface area contributed by atoms with Gasteiger partial charge in [0.05, 0.1) is 6.21 Å². The molecule has 0 aliphatic carbocycles. The highest BCUT2D eigenvalue weighted by Gasteiger charge is 2.48. The van der Waals surface area contributed by atoms with Crippen molar-refractivity contribution in [2.24, 2.45) is 10.1 Å². The number of guanidine groups is 1. The summed E-state index contributed by atoms with van der Waals surface area (Å²) in [6, 6.07) is 6.79. The van der Waals surface area contributed by atoms with Crippen LogP contribution in [0.25, 0.3) is 0 Å². The highest BCUT2D eigenvalue weighted by Crippen LogP contribution is 2.24. The average Bonchev–Trinajstić information content (AvgIpc) is 3.04. The molecule has 1 aromatic rings. The monoisotopic (exact) mass is 448 g/mol. The van der Waals surface area contributed by atoms with Gasteiger partial charge in [0.25, 0.3) is 5.91 Å². The Morgan fingerprint density at radius 2 is 2.00 bits per heavy atom. The first-order valence-corrected chi connectivity index (χ1v) is 10.3. The number of amides is 3. The molecule has 9 heteroatoms. The molecule has 2 unspecified atom stereocenters. The quantitative estimate of drug-likeness (QED) is 0.380. The van der Waals surface area contributed by atoms with Crippen LogP contribution >= 0.6 is 15.9 Å². The molecule has 2 heterocycles. The molecule has 3 rings (SSSR count). The van der Waals surface area contributed by atoms with Crippen LogP contribution in [-0.4, -0.2) is 59.7 Å². The number of imide groups is 1.